The van der Waals surface area contributed by atoms with E-state index in [0.29, 0.717) is 12.5 Å². The van der Waals surface area contributed by atoms with Gasteiger partial charge in [-0.1, -0.05) is 36.8 Å². The summed E-state index contributed by atoms with van der Waals surface area (Å²) in [6, 6.07) is 8.36. The summed E-state index contributed by atoms with van der Waals surface area (Å²) in [7, 11) is 0. The van der Waals surface area contributed by atoms with E-state index in [1.807, 2.05) is 6.92 Å². The van der Waals surface area contributed by atoms with Gasteiger partial charge in [0.2, 0.25) is 5.91 Å². The van der Waals surface area contributed by atoms with Crippen LogP contribution < -0.4 is 11.1 Å². The van der Waals surface area contributed by atoms with E-state index in [1.165, 1.54) is 5.56 Å². The Morgan fingerprint density at radius 3 is 2.43 bits per heavy atom. The molecule has 0 unspecified atom stereocenters. The molecule has 1 amide bonds. The molecule has 21 heavy (non-hydrogen) atoms. The predicted molar refractivity (Wildman–Crippen MR) is 86.9 cm³/mol. The van der Waals surface area contributed by atoms with Crippen LogP contribution in [0.15, 0.2) is 24.3 Å². The number of benzene rings is 1. The van der Waals surface area contributed by atoms with Crippen LogP contribution in [0.1, 0.15) is 56.7 Å². The van der Waals surface area contributed by atoms with Crippen molar-refractivity contribution in [1.82, 2.24) is 5.32 Å². The number of carbonyl (C=O) groups excluding carboxylic acids is 1. The molecular formula is C18H28N2O. The SMILES string of the molecule is Cc1ccc([C@@H](C)NC(=O)C2(CN)CCC(C)CC2)cc1. The number of nitrogens with two attached hydrogens (primary N) is 1. The second-order valence-corrected chi connectivity index (χ2v) is 6.77. The van der Waals surface area contributed by atoms with Gasteiger partial charge in [0.25, 0.3) is 0 Å². The van der Waals surface area contributed by atoms with Gasteiger partial charge in [-0.15, -0.1) is 0 Å². The highest BCUT2D eigenvalue weighted by atomic mass is 16.2. The molecule has 1 aromatic carbocycles. The van der Waals surface area contributed by atoms with Gasteiger partial charge < -0.3 is 11.1 Å². The summed E-state index contributed by atoms with van der Waals surface area (Å²) in [4.78, 5) is 12.7. The van der Waals surface area contributed by atoms with E-state index in [1.54, 1.807) is 0 Å². The molecule has 1 aromatic rings. The van der Waals surface area contributed by atoms with Crippen LogP contribution in [0.4, 0.5) is 0 Å². The first-order chi connectivity index (χ1) is 9.97. The minimum atomic E-state index is -0.356. The van der Waals surface area contributed by atoms with Crippen molar-refractivity contribution in [2.75, 3.05) is 6.54 Å². The Morgan fingerprint density at radius 1 is 1.33 bits per heavy atom. The Hall–Kier alpha value is -1.35. The van der Waals surface area contributed by atoms with Gasteiger partial charge in [0.15, 0.2) is 0 Å². The number of nitrogens with one attached hydrogen (secondary N) is 1. The van der Waals surface area contributed by atoms with Crippen molar-refractivity contribution >= 4 is 5.91 Å². The summed E-state index contributed by atoms with van der Waals surface area (Å²) >= 11 is 0. The minimum absolute atomic E-state index is 0.0286. The quantitative estimate of drug-likeness (QED) is 0.893. The maximum absolute atomic E-state index is 12.7. The molecule has 3 N–H and O–H groups in total. The van der Waals surface area contributed by atoms with Crippen LogP contribution >= 0.6 is 0 Å². The number of amides is 1. The molecule has 0 saturated heterocycles. The first-order valence-electron chi connectivity index (χ1n) is 8.04. The van der Waals surface area contributed by atoms with E-state index in [4.69, 9.17) is 5.73 Å². The first kappa shape index (κ1) is 16.0. The Morgan fingerprint density at radius 2 is 1.90 bits per heavy atom. The fraction of sp³-hybridized carbons (Fsp3) is 0.611. The number of hydrogen-bond acceptors (Lipinski definition) is 2. The van der Waals surface area contributed by atoms with Gasteiger partial charge in [0, 0.05) is 6.54 Å². The van der Waals surface area contributed by atoms with Gasteiger partial charge >= 0.3 is 0 Å². The molecule has 0 aliphatic heterocycles. The van der Waals surface area contributed by atoms with Crippen LogP contribution in [-0.4, -0.2) is 12.5 Å². The van der Waals surface area contributed by atoms with Crippen molar-refractivity contribution in [1.29, 1.82) is 0 Å². The maximum atomic E-state index is 12.7. The molecular weight excluding hydrogens is 260 g/mol. The van der Waals surface area contributed by atoms with Crippen molar-refractivity contribution in [3.63, 3.8) is 0 Å². The second kappa shape index (κ2) is 6.61. The highest BCUT2D eigenvalue weighted by molar-refractivity contribution is 5.83. The molecule has 0 radical (unpaired) electrons. The zero-order chi connectivity index (χ0) is 15.5. The number of carbonyl (C=O) groups is 1. The molecule has 1 fully saturated rings. The van der Waals surface area contributed by atoms with Gasteiger partial charge in [-0.3, -0.25) is 4.79 Å². The summed E-state index contributed by atoms with van der Waals surface area (Å²) < 4.78 is 0. The summed E-state index contributed by atoms with van der Waals surface area (Å²) in [5.41, 5.74) is 7.98. The summed E-state index contributed by atoms with van der Waals surface area (Å²) in [5.74, 6) is 0.844. The smallest absolute Gasteiger partial charge is 0.227 e. The molecule has 1 atom stereocenters. The van der Waals surface area contributed by atoms with Crippen molar-refractivity contribution < 1.29 is 4.79 Å². The molecule has 0 heterocycles. The van der Waals surface area contributed by atoms with E-state index in [0.717, 1.165) is 31.2 Å². The van der Waals surface area contributed by atoms with Gasteiger partial charge in [-0.25, -0.2) is 0 Å². The van der Waals surface area contributed by atoms with E-state index < -0.39 is 0 Å². The molecule has 0 aromatic heterocycles. The first-order valence-corrected chi connectivity index (χ1v) is 8.04. The number of rotatable bonds is 4. The van der Waals surface area contributed by atoms with Crippen molar-refractivity contribution in [3.8, 4) is 0 Å². The molecule has 0 spiro atoms. The second-order valence-electron chi connectivity index (χ2n) is 6.77. The summed E-state index contributed by atoms with van der Waals surface area (Å²) in [6.45, 7) is 6.82. The van der Waals surface area contributed by atoms with E-state index >= 15 is 0 Å². The minimum Gasteiger partial charge on any atom is -0.349 e. The number of aryl methyl sites for hydroxylation is 1. The Bertz CT molecular complexity index is 472. The largest absolute Gasteiger partial charge is 0.349 e. The standard InChI is InChI=1S/C18H28N2O/c1-13-4-6-16(7-5-13)15(3)20-17(21)18(12-19)10-8-14(2)9-11-18/h4-7,14-15H,8-12,19H2,1-3H3,(H,20,21)/t14?,15-,18?/m1/s1. The van der Waals surface area contributed by atoms with E-state index in [2.05, 4.69) is 43.4 Å². The third-order valence-electron chi connectivity index (χ3n) is 5.03. The lowest BCUT2D eigenvalue weighted by Gasteiger charge is -2.38. The maximum Gasteiger partial charge on any atom is 0.227 e. The highest BCUT2D eigenvalue weighted by Gasteiger charge is 2.40. The Kier molecular flexibility index (Phi) is 5.04. The Balaban J connectivity index is 2.03. The third kappa shape index (κ3) is 3.65. The van der Waals surface area contributed by atoms with Gasteiger partial charge in [-0.2, -0.15) is 0 Å². The normalized spacial score (nSPS) is 27.1. The Labute approximate surface area is 128 Å². The lowest BCUT2D eigenvalue weighted by Crippen LogP contribution is -2.48. The summed E-state index contributed by atoms with van der Waals surface area (Å²) in [5, 5.41) is 3.17. The fourth-order valence-electron chi connectivity index (χ4n) is 3.13. The molecule has 1 aliphatic rings. The average molecular weight is 288 g/mol. The molecule has 3 heteroatoms. The van der Waals surface area contributed by atoms with Crippen LogP contribution in [0.25, 0.3) is 0 Å². The topological polar surface area (TPSA) is 55.1 Å². The zero-order valence-corrected chi connectivity index (χ0v) is 13.5. The van der Waals surface area contributed by atoms with Crippen LogP contribution in [0.3, 0.4) is 0 Å². The van der Waals surface area contributed by atoms with Crippen LogP contribution in [0.5, 0.6) is 0 Å². The fourth-order valence-corrected chi connectivity index (χ4v) is 3.13. The molecule has 116 valence electrons. The third-order valence-corrected chi connectivity index (χ3v) is 5.03. The van der Waals surface area contributed by atoms with Gasteiger partial charge in [0.05, 0.1) is 11.5 Å². The molecule has 1 saturated carbocycles. The average Bonchev–Trinajstić information content (AvgIpc) is 2.49. The lowest BCUT2D eigenvalue weighted by atomic mass is 9.70. The predicted octanol–water partition coefficient (Wildman–Crippen LogP) is 3.33. The molecule has 2 rings (SSSR count). The van der Waals surface area contributed by atoms with Crippen LogP contribution in [-0.2, 0) is 4.79 Å². The monoisotopic (exact) mass is 288 g/mol. The van der Waals surface area contributed by atoms with Gasteiger partial charge in [0.1, 0.15) is 0 Å². The zero-order valence-electron chi connectivity index (χ0n) is 13.5. The van der Waals surface area contributed by atoms with Crippen molar-refractivity contribution in [3.05, 3.63) is 35.4 Å². The summed E-state index contributed by atoms with van der Waals surface area (Å²) in [6.07, 6.45) is 4.03. The number of hydrogen-bond donors (Lipinski definition) is 2. The molecule has 1 aliphatic carbocycles. The van der Waals surface area contributed by atoms with Crippen molar-refractivity contribution in [2.24, 2.45) is 17.1 Å². The van der Waals surface area contributed by atoms with Crippen LogP contribution in [0, 0.1) is 18.3 Å². The molecule has 3 nitrogen and oxygen atoms in total. The highest BCUT2D eigenvalue weighted by Crippen LogP contribution is 2.38. The molecule has 0 bridgehead atoms. The van der Waals surface area contributed by atoms with E-state index in [9.17, 15) is 4.79 Å². The van der Waals surface area contributed by atoms with E-state index in [-0.39, 0.29) is 17.4 Å². The van der Waals surface area contributed by atoms with Crippen LogP contribution in [0.2, 0.25) is 0 Å². The van der Waals surface area contributed by atoms with Gasteiger partial charge in [-0.05, 0) is 51.0 Å². The van der Waals surface area contributed by atoms with Crippen molar-refractivity contribution in [2.45, 2.75) is 52.5 Å². The lowest BCUT2D eigenvalue weighted by molar-refractivity contribution is -0.133.